The van der Waals surface area contributed by atoms with Gasteiger partial charge in [-0.3, -0.25) is 4.79 Å². The summed E-state index contributed by atoms with van der Waals surface area (Å²) in [4.78, 5) is 10.3. The van der Waals surface area contributed by atoms with Crippen LogP contribution in [0, 0.1) is 0 Å². The van der Waals surface area contributed by atoms with Crippen molar-refractivity contribution < 1.29 is 4.79 Å². The van der Waals surface area contributed by atoms with E-state index in [1.807, 2.05) is 24.5 Å². The molecule has 0 fully saturated rings. The highest BCUT2D eigenvalue weighted by molar-refractivity contribution is 6.17. The van der Waals surface area contributed by atoms with Gasteiger partial charge in [-0.15, -0.1) is 11.6 Å². The molecule has 1 aromatic rings. The van der Waals surface area contributed by atoms with Crippen LogP contribution in [-0.4, -0.2) is 12.2 Å². The first kappa shape index (κ1) is 9.27. The lowest BCUT2D eigenvalue weighted by molar-refractivity contribution is 0.562. The van der Waals surface area contributed by atoms with Gasteiger partial charge in [0.2, 0.25) is 6.29 Å². The summed E-state index contributed by atoms with van der Waals surface area (Å²) in [6.07, 6.45) is 3.74. The lowest BCUT2D eigenvalue weighted by Crippen LogP contribution is -1.88. The molecule has 12 heavy (non-hydrogen) atoms. The molecule has 0 saturated carbocycles. The van der Waals surface area contributed by atoms with E-state index in [1.54, 1.807) is 6.07 Å². The number of aryl methyl sites for hydroxylation is 1. The van der Waals surface area contributed by atoms with Crippen LogP contribution in [0.25, 0.3) is 0 Å². The third-order valence-electron chi connectivity index (χ3n) is 1.64. The Kier molecular flexibility index (Phi) is 3.81. The summed E-state index contributed by atoms with van der Waals surface area (Å²) in [5, 5.41) is 0. The minimum atomic E-state index is 0.613. The van der Waals surface area contributed by atoms with Gasteiger partial charge in [-0.25, -0.2) is 0 Å². The maximum absolute atomic E-state index is 10.3. The lowest BCUT2D eigenvalue weighted by Gasteiger charge is -1.98. The van der Waals surface area contributed by atoms with Crippen LogP contribution in [0.1, 0.15) is 17.5 Å². The second kappa shape index (κ2) is 4.94. The highest BCUT2D eigenvalue weighted by atomic mass is 35.5. The van der Waals surface area contributed by atoms with E-state index in [4.69, 9.17) is 11.6 Å². The lowest BCUT2D eigenvalue weighted by atomic mass is 10.1. The molecule has 0 amide bonds. The van der Waals surface area contributed by atoms with E-state index in [1.165, 1.54) is 0 Å². The molecule has 0 heterocycles. The summed E-state index contributed by atoms with van der Waals surface area (Å²) >= 11 is 5.55. The van der Waals surface area contributed by atoms with Crippen LogP contribution in [0.4, 0.5) is 0 Å². The van der Waals surface area contributed by atoms with E-state index in [2.05, 4.69) is 0 Å². The number of rotatable bonds is 4. The third-order valence-corrected chi connectivity index (χ3v) is 1.91. The molecule has 63 valence electrons. The normalized spacial score (nSPS) is 9.75. The smallest absolute Gasteiger partial charge is 0.233 e. The van der Waals surface area contributed by atoms with Gasteiger partial charge in [-0.1, -0.05) is 18.2 Å². The number of benzene rings is 1. The Labute approximate surface area is 77.4 Å². The van der Waals surface area contributed by atoms with Gasteiger partial charge in [-0.05, 0) is 24.5 Å². The molecule has 1 aromatic carbocycles. The maximum Gasteiger partial charge on any atom is 0.233 e. The van der Waals surface area contributed by atoms with Gasteiger partial charge in [0.25, 0.3) is 0 Å². The highest BCUT2D eigenvalue weighted by Crippen LogP contribution is 2.06. The van der Waals surface area contributed by atoms with E-state index in [-0.39, 0.29) is 0 Å². The maximum atomic E-state index is 10.3. The Hall–Kier alpha value is -0.820. The molecule has 2 heteroatoms. The fraction of sp³-hybridized carbons (Fsp3) is 0.300. The first-order valence-corrected chi connectivity index (χ1v) is 4.43. The molecular weight excluding hydrogens is 172 g/mol. The van der Waals surface area contributed by atoms with Crippen molar-refractivity contribution in [3.05, 3.63) is 35.4 Å². The van der Waals surface area contributed by atoms with Crippen molar-refractivity contribution in [1.82, 2.24) is 0 Å². The number of halogens is 1. The molecule has 0 aromatic heterocycles. The fourth-order valence-corrected chi connectivity index (χ4v) is 1.19. The van der Waals surface area contributed by atoms with Crippen molar-refractivity contribution in [2.24, 2.45) is 0 Å². The first-order chi connectivity index (χ1) is 5.86. The average molecular weight is 182 g/mol. The zero-order valence-electron chi connectivity index (χ0n) is 6.72. The van der Waals surface area contributed by atoms with Crippen LogP contribution < -0.4 is 0 Å². The molecule has 0 atom stereocenters. The van der Waals surface area contributed by atoms with Gasteiger partial charge in [0, 0.05) is 11.4 Å². The summed E-state index contributed by atoms with van der Waals surface area (Å²) < 4.78 is 0. The van der Waals surface area contributed by atoms with Crippen LogP contribution in [-0.2, 0) is 11.2 Å². The standard InChI is InChI=1S/C10H10ClO/c11-6-2-5-9-3-1-4-10(7-9)8-12/h1,3-4,7H,2,5-6H2. The number of hydrogen-bond acceptors (Lipinski definition) is 1. The second-order valence-corrected chi connectivity index (χ2v) is 2.97. The van der Waals surface area contributed by atoms with E-state index in [0.29, 0.717) is 11.4 Å². The minimum Gasteiger partial charge on any atom is -0.285 e. The summed E-state index contributed by atoms with van der Waals surface area (Å²) in [5.74, 6) is 0.662. The van der Waals surface area contributed by atoms with Gasteiger partial charge < -0.3 is 0 Å². The predicted molar refractivity (Wildman–Crippen MR) is 50.3 cm³/mol. The highest BCUT2D eigenvalue weighted by Gasteiger charge is 1.94. The monoisotopic (exact) mass is 181 g/mol. The molecule has 1 radical (unpaired) electrons. The number of alkyl halides is 1. The molecule has 0 aliphatic carbocycles. The zero-order valence-corrected chi connectivity index (χ0v) is 7.47. The van der Waals surface area contributed by atoms with Crippen LogP contribution in [0.15, 0.2) is 24.3 Å². The van der Waals surface area contributed by atoms with Crippen molar-refractivity contribution >= 4 is 17.9 Å². The fourth-order valence-electron chi connectivity index (χ4n) is 1.06. The van der Waals surface area contributed by atoms with Gasteiger partial charge in [0.1, 0.15) is 0 Å². The quantitative estimate of drug-likeness (QED) is 0.652. The third kappa shape index (κ3) is 2.67. The van der Waals surface area contributed by atoms with Crippen molar-refractivity contribution in [3.8, 4) is 0 Å². The molecular formula is C10H10ClO. The topological polar surface area (TPSA) is 17.1 Å². The van der Waals surface area contributed by atoms with Gasteiger partial charge in [0.05, 0.1) is 0 Å². The Morgan fingerprint density at radius 1 is 1.42 bits per heavy atom. The molecule has 0 saturated heterocycles. The van der Waals surface area contributed by atoms with Crippen LogP contribution in [0.2, 0.25) is 0 Å². The Balaban J connectivity index is 2.66. The molecule has 0 bridgehead atoms. The predicted octanol–water partition coefficient (Wildman–Crippen LogP) is 2.32. The summed E-state index contributed by atoms with van der Waals surface area (Å²) in [6, 6.07) is 7.45. The molecule has 0 N–H and O–H groups in total. The summed E-state index contributed by atoms with van der Waals surface area (Å²) in [7, 11) is 0. The van der Waals surface area contributed by atoms with Crippen molar-refractivity contribution in [2.45, 2.75) is 12.8 Å². The van der Waals surface area contributed by atoms with Crippen LogP contribution in [0.5, 0.6) is 0 Å². The molecule has 0 spiro atoms. The van der Waals surface area contributed by atoms with Crippen LogP contribution >= 0.6 is 11.6 Å². The van der Waals surface area contributed by atoms with E-state index in [9.17, 15) is 4.79 Å². The van der Waals surface area contributed by atoms with Crippen molar-refractivity contribution in [3.63, 3.8) is 0 Å². The van der Waals surface area contributed by atoms with Crippen molar-refractivity contribution in [2.75, 3.05) is 5.88 Å². The van der Waals surface area contributed by atoms with E-state index >= 15 is 0 Å². The molecule has 0 aliphatic heterocycles. The average Bonchev–Trinajstić information content (AvgIpc) is 2.15. The molecule has 0 aliphatic rings. The number of carbonyl (C=O) groups excluding carboxylic acids is 1. The largest absolute Gasteiger partial charge is 0.285 e. The second-order valence-electron chi connectivity index (χ2n) is 2.59. The molecule has 1 nitrogen and oxygen atoms in total. The zero-order chi connectivity index (χ0) is 8.81. The summed E-state index contributed by atoms with van der Waals surface area (Å²) in [5.41, 5.74) is 1.76. The Morgan fingerprint density at radius 2 is 2.25 bits per heavy atom. The van der Waals surface area contributed by atoms with Crippen molar-refractivity contribution in [1.29, 1.82) is 0 Å². The van der Waals surface area contributed by atoms with Gasteiger partial charge in [0.15, 0.2) is 0 Å². The number of hydrogen-bond donors (Lipinski definition) is 0. The summed E-state index contributed by atoms with van der Waals surface area (Å²) in [6.45, 7) is 0. The van der Waals surface area contributed by atoms with Crippen LogP contribution in [0.3, 0.4) is 0 Å². The SMILES string of the molecule is O=[C]c1cccc(CCCCl)c1. The minimum absolute atomic E-state index is 0.613. The van der Waals surface area contributed by atoms with E-state index < -0.39 is 0 Å². The van der Waals surface area contributed by atoms with E-state index in [0.717, 1.165) is 18.4 Å². The van der Waals surface area contributed by atoms with Gasteiger partial charge >= 0.3 is 0 Å². The molecule has 1 rings (SSSR count). The molecule has 0 unspecified atom stereocenters. The Bertz CT molecular complexity index is 258. The van der Waals surface area contributed by atoms with Gasteiger partial charge in [-0.2, -0.15) is 0 Å². The first-order valence-electron chi connectivity index (χ1n) is 3.90. The Morgan fingerprint density at radius 3 is 2.92 bits per heavy atom.